The molecule has 8 nitrogen and oxygen atoms in total. The maximum absolute atomic E-state index is 12.0. The number of hydrazone groups is 1. The smallest absolute Gasteiger partial charge is 0.240 e. The summed E-state index contributed by atoms with van der Waals surface area (Å²) < 4.78 is 5.20. The van der Waals surface area contributed by atoms with E-state index in [0.29, 0.717) is 17.6 Å². The summed E-state index contributed by atoms with van der Waals surface area (Å²) in [5.41, 5.74) is 4.54. The molecule has 0 spiro atoms. The summed E-state index contributed by atoms with van der Waals surface area (Å²) in [5.74, 6) is 4.08. The average Bonchev–Trinajstić information content (AvgIpc) is 3.40. The van der Waals surface area contributed by atoms with Gasteiger partial charge in [-0.25, -0.2) is 10.5 Å². The molecule has 2 aromatic heterocycles. The molecule has 1 amide bonds. The average molecular weight is 429 g/mol. The number of aromatic amines is 1. The molecule has 0 aliphatic heterocycles. The first kappa shape index (κ1) is 19.7. The first-order valence-electron chi connectivity index (χ1n) is 10.7. The number of furan rings is 1. The van der Waals surface area contributed by atoms with E-state index in [1.54, 1.807) is 12.3 Å². The van der Waals surface area contributed by atoms with Crippen molar-refractivity contribution in [2.24, 2.45) is 28.3 Å². The molecule has 30 heavy (non-hydrogen) atoms. The van der Waals surface area contributed by atoms with Crippen molar-refractivity contribution in [3.8, 4) is 0 Å². The molecule has 4 fully saturated rings. The number of thioether (sulfide) groups is 1. The number of hydrogen-bond donors (Lipinski definition) is 3. The van der Waals surface area contributed by atoms with Gasteiger partial charge in [-0.1, -0.05) is 11.8 Å². The van der Waals surface area contributed by atoms with Gasteiger partial charge in [0.1, 0.15) is 5.76 Å². The van der Waals surface area contributed by atoms with Gasteiger partial charge in [0, 0.05) is 11.1 Å². The van der Waals surface area contributed by atoms with Crippen molar-refractivity contribution in [2.45, 2.75) is 57.1 Å². The van der Waals surface area contributed by atoms with Crippen LogP contribution in [0.5, 0.6) is 0 Å². The third-order valence-electron chi connectivity index (χ3n) is 6.97. The Balaban J connectivity index is 1.12. The van der Waals surface area contributed by atoms with E-state index in [2.05, 4.69) is 37.9 Å². The van der Waals surface area contributed by atoms with E-state index in [9.17, 15) is 4.79 Å². The van der Waals surface area contributed by atoms with Crippen LogP contribution < -0.4 is 10.7 Å². The van der Waals surface area contributed by atoms with Crippen LogP contribution in [-0.4, -0.2) is 32.6 Å². The first-order valence-corrected chi connectivity index (χ1v) is 11.7. The van der Waals surface area contributed by atoms with E-state index in [0.717, 1.165) is 23.5 Å². The normalized spacial score (nSPS) is 29.9. The molecule has 0 radical (unpaired) electrons. The number of anilines is 1. The van der Waals surface area contributed by atoms with Gasteiger partial charge in [0.05, 0.1) is 18.6 Å². The number of amides is 1. The van der Waals surface area contributed by atoms with Crippen molar-refractivity contribution in [1.82, 2.24) is 20.5 Å². The van der Waals surface area contributed by atoms with Crippen LogP contribution in [0.25, 0.3) is 0 Å². The van der Waals surface area contributed by atoms with Crippen LogP contribution in [0.2, 0.25) is 0 Å². The van der Waals surface area contributed by atoms with Gasteiger partial charge in [0.2, 0.25) is 17.0 Å². The molecule has 4 aliphatic carbocycles. The number of aromatic nitrogens is 3. The molecular weight excluding hydrogens is 400 g/mol. The van der Waals surface area contributed by atoms with Crippen LogP contribution in [0.1, 0.15) is 51.2 Å². The molecule has 160 valence electrons. The number of carbonyl (C=O) groups excluding carboxylic acids is 1. The first-order chi connectivity index (χ1) is 14.6. The zero-order chi connectivity index (χ0) is 20.6. The minimum Gasteiger partial charge on any atom is -0.467 e. The number of rotatable bonds is 8. The van der Waals surface area contributed by atoms with E-state index >= 15 is 0 Å². The molecule has 2 aromatic rings. The summed E-state index contributed by atoms with van der Waals surface area (Å²) in [6.45, 7) is 2.54. The van der Waals surface area contributed by atoms with Crippen LogP contribution in [0, 0.1) is 23.2 Å². The van der Waals surface area contributed by atoms with Crippen LogP contribution in [0.15, 0.2) is 33.1 Å². The lowest BCUT2D eigenvalue weighted by Crippen LogP contribution is -2.49. The Labute approximate surface area is 180 Å². The lowest BCUT2D eigenvalue weighted by molar-refractivity contribution is -0.118. The Morgan fingerprint density at radius 2 is 2.03 bits per heavy atom. The van der Waals surface area contributed by atoms with Gasteiger partial charge >= 0.3 is 0 Å². The van der Waals surface area contributed by atoms with Gasteiger partial charge < -0.3 is 9.73 Å². The van der Waals surface area contributed by atoms with Gasteiger partial charge in [-0.05, 0) is 75.3 Å². The van der Waals surface area contributed by atoms with E-state index in [1.165, 1.54) is 56.0 Å². The highest BCUT2D eigenvalue weighted by atomic mass is 32.2. The van der Waals surface area contributed by atoms with Crippen molar-refractivity contribution >= 4 is 29.3 Å². The molecule has 0 aromatic carbocycles. The number of H-pyrrole nitrogens is 1. The molecule has 4 aliphatic rings. The fraction of sp³-hybridized carbons (Fsp3) is 0.619. The van der Waals surface area contributed by atoms with E-state index in [4.69, 9.17) is 4.42 Å². The zero-order valence-corrected chi connectivity index (χ0v) is 18.0. The summed E-state index contributed by atoms with van der Waals surface area (Å²) in [4.78, 5) is 16.4. The van der Waals surface area contributed by atoms with E-state index in [1.807, 2.05) is 6.07 Å². The minimum absolute atomic E-state index is 0.0913. The summed E-state index contributed by atoms with van der Waals surface area (Å²) in [6.07, 6.45) is 9.75. The molecule has 2 heterocycles. The molecule has 3 N–H and O–H groups in total. The van der Waals surface area contributed by atoms with Crippen molar-refractivity contribution in [3.63, 3.8) is 0 Å². The minimum atomic E-state index is -0.0913. The van der Waals surface area contributed by atoms with Gasteiger partial charge in [-0.2, -0.15) is 10.1 Å². The van der Waals surface area contributed by atoms with Crippen LogP contribution in [-0.2, 0) is 11.3 Å². The van der Waals surface area contributed by atoms with Gasteiger partial charge in [0.25, 0.3) is 0 Å². The van der Waals surface area contributed by atoms with Crippen molar-refractivity contribution in [1.29, 1.82) is 0 Å². The Kier molecular flexibility index (Phi) is 5.30. The Bertz CT molecular complexity index is 887. The predicted molar refractivity (Wildman–Crippen MR) is 115 cm³/mol. The summed E-state index contributed by atoms with van der Waals surface area (Å²) in [6, 6.07) is 3.62. The molecular formula is C21H28N6O2S. The molecule has 4 bridgehead atoms. The topological polar surface area (TPSA) is 108 Å². The zero-order valence-electron chi connectivity index (χ0n) is 17.2. The van der Waals surface area contributed by atoms with Crippen LogP contribution >= 0.6 is 11.8 Å². The van der Waals surface area contributed by atoms with E-state index in [-0.39, 0.29) is 17.1 Å². The highest BCUT2D eigenvalue weighted by Gasteiger charge is 2.52. The van der Waals surface area contributed by atoms with E-state index < -0.39 is 0 Å². The number of hydrogen-bond acceptors (Lipinski definition) is 7. The number of nitrogens with one attached hydrogen (secondary N) is 3. The summed E-state index contributed by atoms with van der Waals surface area (Å²) >= 11 is 1.28. The fourth-order valence-corrected chi connectivity index (χ4v) is 6.58. The molecule has 0 unspecified atom stereocenters. The van der Waals surface area contributed by atoms with Crippen LogP contribution in [0.3, 0.4) is 0 Å². The molecule has 0 saturated heterocycles. The highest BCUT2D eigenvalue weighted by molar-refractivity contribution is 7.99. The Hall–Kier alpha value is -2.29. The second-order valence-corrected chi connectivity index (χ2v) is 10.1. The maximum atomic E-state index is 12.0. The monoisotopic (exact) mass is 428 g/mol. The van der Waals surface area contributed by atoms with Gasteiger partial charge in [0.15, 0.2) is 0 Å². The Morgan fingerprint density at radius 1 is 1.30 bits per heavy atom. The van der Waals surface area contributed by atoms with Crippen molar-refractivity contribution in [3.05, 3.63) is 24.2 Å². The lowest BCUT2D eigenvalue weighted by Gasteiger charge is -2.56. The predicted octanol–water partition coefficient (Wildman–Crippen LogP) is 3.81. The van der Waals surface area contributed by atoms with Crippen molar-refractivity contribution < 1.29 is 9.21 Å². The second kappa shape index (κ2) is 8.09. The SMILES string of the molecule is C/C(=N\Nc1nc(SCC(=O)NCc2ccco2)n[nH]1)C12CC3CC(CC(C3)C1)C2. The molecule has 9 heteroatoms. The lowest BCUT2D eigenvalue weighted by atomic mass is 9.48. The number of nitrogens with zero attached hydrogens (tertiary/aromatic N) is 3. The summed E-state index contributed by atoms with van der Waals surface area (Å²) in [7, 11) is 0. The Morgan fingerprint density at radius 3 is 2.70 bits per heavy atom. The molecule has 6 rings (SSSR count). The third kappa shape index (κ3) is 4.12. The second-order valence-electron chi connectivity index (χ2n) is 9.12. The third-order valence-corrected chi connectivity index (χ3v) is 7.82. The largest absolute Gasteiger partial charge is 0.467 e. The fourth-order valence-electron chi connectivity index (χ4n) is 5.95. The maximum Gasteiger partial charge on any atom is 0.240 e. The number of carbonyl (C=O) groups is 1. The quantitative estimate of drug-likeness (QED) is 0.335. The molecule has 4 saturated carbocycles. The van der Waals surface area contributed by atoms with Gasteiger partial charge in [-0.3, -0.25) is 4.79 Å². The van der Waals surface area contributed by atoms with Crippen molar-refractivity contribution in [2.75, 3.05) is 11.2 Å². The molecule has 0 atom stereocenters. The highest BCUT2D eigenvalue weighted by Crippen LogP contribution is 2.60. The standard InChI is InChI=1S/C21H28N6O2S/c1-13(21-8-14-5-15(9-21)7-16(6-14)10-21)24-25-19-23-20(27-26-19)30-12-18(28)22-11-17-3-2-4-29-17/h2-4,14-16H,5-12H2,1H3,(H,22,28)(H2,23,25,26,27)/b24-13+. The van der Waals surface area contributed by atoms with Crippen LogP contribution in [0.4, 0.5) is 5.95 Å². The summed E-state index contributed by atoms with van der Waals surface area (Å²) in [5, 5.41) is 15.0. The van der Waals surface area contributed by atoms with Gasteiger partial charge in [-0.15, -0.1) is 5.10 Å².